The Kier molecular flexibility index (Phi) is 2.73. The van der Waals surface area contributed by atoms with E-state index in [1.165, 1.54) is 6.33 Å². The number of benzene rings is 1. The molecule has 0 aliphatic heterocycles. The highest BCUT2D eigenvalue weighted by Gasteiger charge is 2.06. The molecule has 2 aromatic heterocycles. The fraction of sp³-hybridized carbons (Fsp3) is 0. The van der Waals surface area contributed by atoms with Crippen molar-refractivity contribution in [3.05, 3.63) is 35.2 Å². The molecule has 0 fully saturated rings. The van der Waals surface area contributed by atoms with Crippen LogP contribution in [0.25, 0.3) is 10.2 Å². The van der Waals surface area contributed by atoms with Crippen LogP contribution >= 0.6 is 22.9 Å². The third-order valence-corrected chi connectivity index (χ3v) is 3.52. The minimum atomic E-state index is 0.242. The lowest BCUT2D eigenvalue weighted by atomic mass is 10.3. The molecule has 3 N–H and O–H groups in total. The van der Waals surface area contributed by atoms with Crippen molar-refractivity contribution < 1.29 is 0 Å². The maximum Gasteiger partial charge on any atom is 0.158 e. The fourth-order valence-corrected chi connectivity index (χ4v) is 2.39. The number of halogens is 1. The number of nitrogen functional groups attached to an aromatic ring is 1. The van der Waals surface area contributed by atoms with Crippen molar-refractivity contribution >= 4 is 50.3 Å². The van der Waals surface area contributed by atoms with Gasteiger partial charge >= 0.3 is 0 Å². The van der Waals surface area contributed by atoms with Crippen LogP contribution in [-0.4, -0.2) is 15.0 Å². The molecule has 0 spiro atoms. The molecule has 18 heavy (non-hydrogen) atoms. The summed E-state index contributed by atoms with van der Waals surface area (Å²) in [5, 5.41) is 3.36. The quantitative estimate of drug-likeness (QED) is 0.704. The summed E-state index contributed by atoms with van der Waals surface area (Å²) < 4.78 is 1.10. The summed E-state index contributed by atoms with van der Waals surface area (Å²) in [7, 11) is 0. The van der Waals surface area contributed by atoms with Crippen LogP contribution in [0.1, 0.15) is 0 Å². The van der Waals surface area contributed by atoms with Crippen LogP contribution in [-0.2, 0) is 0 Å². The van der Waals surface area contributed by atoms with E-state index >= 15 is 0 Å². The van der Waals surface area contributed by atoms with Gasteiger partial charge in [0.1, 0.15) is 12.0 Å². The molecule has 0 unspecified atom stereocenters. The van der Waals surface area contributed by atoms with Gasteiger partial charge in [0.25, 0.3) is 0 Å². The van der Waals surface area contributed by atoms with Crippen molar-refractivity contribution in [2.45, 2.75) is 0 Å². The first-order chi connectivity index (χ1) is 8.74. The van der Waals surface area contributed by atoms with Gasteiger partial charge in [-0.05, 0) is 18.2 Å². The maximum absolute atomic E-state index is 5.83. The highest BCUT2D eigenvalue weighted by atomic mass is 35.5. The Hall–Kier alpha value is -1.92. The molecule has 0 amide bonds. The lowest BCUT2D eigenvalue weighted by molar-refractivity contribution is 1.17. The average molecular weight is 278 g/mol. The monoisotopic (exact) mass is 277 g/mol. The molecule has 3 aromatic rings. The van der Waals surface area contributed by atoms with E-state index in [4.69, 9.17) is 17.3 Å². The summed E-state index contributed by atoms with van der Waals surface area (Å²) in [6, 6.07) is 5.84. The maximum atomic E-state index is 5.83. The van der Waals surface area contributed by atoms with Gasteiger partial charge in [-0.1, -0.05) is 11.6 Å². The van der Waals surface area contributed by atoms with Crippen LogP contribution in [0.4, 0.5) is 17.2 Å². The Balaban J connectivity index is 1.98. The molecule has 5 nitrogen and oxygen atoms in total. The van der Waals surface area contributed by atoms with E-state index < -0.39 is 0 Å². The minimum absolute atomic E-state index is 0.242. The van der Waals surface area contributed by atoms with Crippen molar-refractivity contribution in [3.63, 3.8) is 0 Å². The number of nitrogens with two attached hydrogens (primary N) is 1. The van der Waals surface area contributed by atoms with Crippen LogP contribution in [0.15, 0.2) is 30.0 Å². The van der Waals surface area contributed by atoms with Gasteiger partial charge in [-0.3, -0.25) is 0 Å². The Morgan fingerprint density at radius 2 is 2.11 bits per heavy atom. The highest BCUT2D eigenvalue weighted by molar-refractivity contribution is 7.16. The normalized spacial score (nSPS) is 10.7. The van der Waals surface area contributed by atoms with Gasteiger partial charge < -0.3 is 11.1 Å². The molecule has 0 bridgehead atoms. The number of aromatic nitrogens is 3. The molecule has 2 heterocycles. The molecular weight excluding hydrogens is 270 g/mol. The van der Waals surface area contributed by atoms with Crippen molar-refractivity contribution in [2.75, 3.05) is 11.1 Å². The summed E-state index contributed by atoms with van der Waals surface area (Å²) in [5.74, 6) is 0.499. The molecule has 1 aromatic carbocycles. The lowest BCUT2D eigenvalue weighted by Gasteiger charge is -2.08. The summed E-state index contributed by atoms with van der Waals surface area (Å²) in [5.41, 5.74) is 9.79. The number of nitrogens with zero attached hydrogens (tertiary/aromatic N) is 3. The zero-order valence-electron chi connectivity index (χ0n) is 9.09. The first-order valence-corrected chi connectivity index (χ1v) is 6.36. The predicted octanol–water partition coefficient (Wildman–Crippen LogP) is 3.07. The largest absolute Gasteiger partial charge is 0.393 e. The molecule has 0 saturated carbocycles. The highest BCUT2D eigenvalue weighted by Crippen LogP contribution is 2.27. The predicted molar refractivity (Wildman–Crippen MR) is 74.4 cm³/mol. The Bertz CT molecular complexity index is 711. The first-order valence-electron chi connectivity index (χ1n) is 5.10. The minimum Gasteiger partial charge on any atom is -0.393 e. The standard InChI is InChI=1S/C11H8ClN5S/c12-10-9(13)11(15-4-14-10)17-6-1-2-7-8(3-6)18-5-16-7/h1-5H,13H2,(H,14,15,17). The molecule has 0 saturated heterocycles. The first kappa shape index (κ1) is 11.2. The number of rotatable bonds is 2. The zero-order valence-corrected chi connectivity index (χ0v) is 10.7. The second-order valence-corrected chi connectivity index (χ2v) is 4.83. The van der Waals surface area contributed by atoms with E-state index in [1.807, 2.05) is 23.7 Å². The van der Waals surface area contributed by atoms with E-state index in [0.717, 1.165) is 15.9 Å². The van der Waals surface area contributed by atoms with Crippen molar-refractivity contribution in [1.29, 1.82) is 0 Å². The SMILES string of the molecule is Nc1c(Cl)ncnc1Nc1ccc2ncsc2c1. The summed E-state index contributed by atoms with van der Waals surface area (Å²) in [6.07, 6.45) is 1.37. The van der Waals surface area contributed by atoms with Crippen LogP contribution in [0, 0.1) is 0 Å². The summed E-state index contributed by atoms with van der Waals surface area (Å²) in [6.45, 7) is 0. The van der Waals surface area contributed by atoms with Crippen LogP contribution in [0.5, 0.6) is 0 Å². The topological polar surface area (TPSA) is 76.7 Å². The number of thiazole rings is 1. The average Bonchev–Trinajstić information content (AvgIpc) is 2.82. The van der Waals surface area contributed by atoms with Crippen molar-refractivity contribution in [3.8, 4) is 0 Å². The summed E-state index contributed by atoms with van der Waals surface area (Å²) in [4.78, 5) is 12.1. The Morgan fingerprint density at radius 1 is 1.22 bits per heavy atom. The van der Waals surface area contributed by atoms with Crippen molar-refractivity contribution in [1.82, 2.24) is 15.0 Å². The van der Waals surface area contributed by atoms with E-state index in [1.54, 1.807) is 11.3 Å². The third-order valence-electron chi connectivity index (χ3n) is 2.43. The van der Waals surface area contributed by atoms with E-state index in [2.05, 4.69) is 20.3 Å². The molecule has 0 radical (unpaired) electrons. The van der Waals surface area contributed by atoms with Gasteiger partial charge in [0, 0.05) is 5.69 Å². The second-order valence-electron chi connectivity index (χ2n) is 3.59. The summed E-state index contributed by atoms with van der Waals surface area (Å²) >= 11 is 7.41. The van der Waals surface area contributed by atoms with Crippen LogP contribution in [0.2, 0.25) is 5.15 Å². The third kappa shape index (κ3) is 1.96. The van der Waals surface area contributed by atoms with Gasteiger partial charge in [-0.25, -0.2) is 15.0 Å². The molecule has 7 heteroatoms. The molecular formula is C11H8ClN5S. The molecule has 0 aliphatic rings. The molecule has 3 rings (SSSR count). The smallest absolute Gasteiger partial charge is 0.158 e. The van der Waals surface area contributed by atoms with E-state index in [-0.39, 0.29) is 5.15 Å². The fourth-order valence-electron chi connectivity index (χ4n) is 1.54. The number of hydrogen-bond acceptors (Lipinski definition) is 6. The molecule has 0 aliphatic carbocycles. The molecule has 0 atom stereocenters. The second kappa shape index (κ2) is 4.40. The number of fused-ring (bicyclic) bond motifs is 1. The lowest BCUT2D eigenvalue weighted by Crippen LogP contribution is -2.00. The number of hydrogen-bond donors (Lipinski definition) is 2. The number of anilines is 3. The van der Waals surface area contributed by atoms with Gasteiger partial charge in [-0.2, -0.15) is 0 Å². The number of nitrogens with one attached hydrogen (secondary N) is 1. The van der Waals surface area contributed by atoms with Crippen LogP contribution < -0.4 is 11.1 Å². The van der Waals surface area contributed by atoms with Crippen LogP contribution in [0.3, 0.4) is 0 Å². The van der Waals surface area contributed by atoms with Gasteiger partial charge in [0.15, 0.2) is 11.0 Å². The molecule has 90 valence electrons. The van der Waals surface area contributed by atoms with Gasteiger partial charge in [0.2, 0.25) is 0 Å². The Morgan fingerprint density at radius 3 is 3.00 bits per heavy atom. The van der Waals surface area contributed by atoms with Gasteiger partial charge in [-0.15, -0.1) is 11.3 Å². The van der Waals surface area contributed by atoms with Crippen molar-refractivity contribution in [2.24, 2.45) is 0 Å². The van der Waals surface area contributed by atoms with E-state index in [9.17, 15) is 0 Å². The van der Waals surface area contributed by atoms with Gasteiger partial charge in [0.05, 0.1) is 15.7 Å². The zero-order chi connectivity index (χ0) is 12.5. The Labute approximate surface area is 112 Å². The van der Waals surface area contributed by atoms with E-state index in [0.29, 0.717) is 11.5 Å².